The molecule has 0 N–H and O–H groups in total. The van der Waals surface area contributed by atoms with Gasteiger partial charge in [0.25, 0.3) is 0 Å². The van der Waals surface area contributed by atoms with Crippen LogP contribution in [0.25, 0.3) is 10.9 Å². The van der Waals surface area contributed by atoms with Gasteiger partial charge in [0, 0.05) is 36.8 Å². The molecule has 0 spiro atoms. The Morgan fingerprint density at radius 3 is 2.77 bits per heavy atom. The Balaban J connectivity index is 1.44. The number of nitrogens with zero attached hydrogens (tertiary/aromatic N) is 3. The lowest BCUT2D eigenvalue weighted by atomic mass is 10.0. The molecule has 1 saturated heterocycles. The van der Waals surface area contributed by atoms with Gasteiger partial charge in [-0.15, -0.1) is 0 Å². The lowest BCUT2D eigenvalue weighted by Crippen LogP contribution is -2.38. The molecule has 3 aromatic rings. The van der Waals surface area contributed by atoms with Crippen molar-refractivity contribution in [2.45, 2.75) is 32.4 Å². The van der Waals surface area contributed by atoms with Gasteiger partial charge in [-0.2, -0.15) is 5.26 Å². The molecule has 0 aliphatic carbocycles. The number of piperidine rings is 1. The summed E-state index contributed by atoms with van der Waals surface area (Å²) >= 11 is 2.22. The van der Waals surface area contributed by atoms with E-state index in [1.54, 1.807) is 0 Å². The first-order valence-electron chi connectivity index (χ1n) is 9.97. The highest BCUT2D eigenvalue weighted by molar-refractivity contribution is 14.2. The number of halogens is 1. The Hall–Kier alpha value is -1.94. The third-order valence-corrected chi connectivity index (χ3v) is 6.36. The van der Waals surface area contributed by atoms with Crippen LogP contribution >= 0.6 is 28.5 Å². The molecule has 2 aromatic carbocycles. The maximum absolute atomic E-state index is 9.31. The molecular formula is C23H23IN3O2P. The maximum Gasteiger partial charge on any atom is 0.137 e. The molecule has 1 fully saturated rings. The van der Waals surface area contributed by atoms with Crippen molar-refractivity contribution in [1.82, 2.24) is 9.88 Å². The minimum Gasteiger partial charge on any atom is -0.490 e. The molecule has 0 saturated carbocycles. The molecular weight excluding hydrogens is 508 g/mol. The number of rotatable bonds is 6. The van der Waals surface area contributed by atoms with E-state index in [-0.39, 0.29) is 6.10 Å². The summed E-state index contributed by atoms with van der Waals surface area (Å²) in [5.41, 5.74) is 3.74. The lowest BCUT2D eigenvalue weighted by Gasteiger charge is -2.32. The van der Waals surface area contributed by atoms with Crippen LogP contribution in [-0.2, 0) is 6.54 Å². The summed E-state index contributed by atoms with van der Waals surface area (Å²) in [5.74, 6) is 1.73. The van der Waals surface area contributed by atoms with Gasteiger partial charge in [-0.05, 0) is 71.6 Å². The summed E-state index contributed by atoms with van der Waals surface area (Å²) < 4.78 is 12.1. The van der Waals surface area contributed by atoms with Crippen molar-refractivity contribution in [1.29, 1.82) is 5.26 Å². The fraction of sp³-hybridized carbons (Fsp3) is 0.304. The highest BCUT2D eigenvalue weighted by atomic mass is 127. The van der Waals surface area contributed by atoms with E-state index in [1.807, 2.05) is 55.5 Å². The number of fused-ring (bicyclic) bond motifs is 1. The number of aromatic nitrogens is 1. The third-order valence-electron chi connectivity index (χ3n) is 5.39. The van der Waals surface area contributed by atoms with E-state index < -0.39 is 0 Å². The van der Waals surface area contributed by atoms with Crippen molar-refractivity contribution in [3.8, 4) is 17.6 Å². The molecule has 5 nitrogen and oxygen atoms in total. The number of hydrogen-bond donors (Lipinski definition) is 0. The van der Waals surface area contributed by atoms with E-state index in [0.717, 1.165) is 71.7 Å². The summed E-state index contributed by atoms with van der Waals surface area (Å²) in [6.45, 7) is 5.09. The van der Waals surface area contributed by atoms with Gasteiger partial charge in [0.1, 0.15) is 24.1 Å². The highest BCUT2D eigenvalue weighted by Crippen LogP contribution is 2.34. The summed E-state index contributed by atoms with van der Waals surface area (Å²) in [6, 6.07) is 18.1. The van der Waals surface area contributed by atoms with Gasteiger partial charge in [0.15, 0.2) is 0 Å². The summed E-state index contributed by atoms with van der Waals surface area (Å²) in [7, 11) is 0. The van der Waals surface area contributed by atoms with E-state index in [4.69, 9.17) is 9.26 Å². The Morgan fingerprint density at radius 1 is 1.20 bits per heavy atom. The summed E-state index contributed by atoms with van der Waals surface area (Å²) in [5, 5.41) is 10.3. The molecule has 7 heteroatoms. The smallest absolute Gasteiger partial charge is 0.137 e. The maximum atomic E-state index is 9.31. The van der Waals surface area contributed by atoms with Gasteiger partial charge in [-0.25, -0.2) is 0 Å². The second-order valence-corrected chi connectivity index (χ2v) is 9.16. The minimum absolute atomic E-state index is 0.175. The average molecular weight is 531 g/mol. The van der Waals surface area contributed by atoms with Crippen molar-refractivity contribution >= 4 is 39.4 Å². The topological polar surface area (TPSA) is 58.4 Å². The first kappa shape index (κ1) is 21.3. The molecule has 0 amide bonds. The average Bonchev–Trinajstić information content (AvgIpc) is 2.76. The van der Waals surface area contributed by atoms with Crippen LogP contribution in [0.15, 0.2) is 48.5 Å². The van der Waals surface area contributed by atoms with E-state index in [0.29, 0.717) is 6.45 Å². The number of hydrogen-bond acceptors (Lipinski definition) is 5. The zero-order chi connectivity index (χ0) is 20.9. The van der Waals surface area contributed by atoms with Gasteiger partial charge in [0.2, 0.25) is 0 Å². The fourth-order valence-corrected chi connectivity index (χ4v) is 4.86. The van der Waals surface area contributed by atoms with Crippen molar-refractivity contribution in [2.75, 3.05) is 13.1 Å². The normalized spacial score (nSPS) is 15.5. The summed E-state index contributed by atoms with van der Waals surface area (Å²) in [4.78, 5) is 7.04. The zero-order valence-electron chi connectivity index (χ0n) is 16.8. The third kappa shape index (κ3) is 5.03. The van der Waals surface area contributed by atoms with Crippen LogP contribution in [0.2, 0.25) is 0 Å². The predicted octanol–water partition coefficient (Wildman–Crippen LogP) is 5.78. The molecule has 0 radical (unpaired) electrons. The van der Waals surface area contributed by atoms with Crippen molar-refractivity contribution in [2.24, 2.45) is 0 Å². The molecule has 2 heterocycles. The first-order valence-corrected chi connectivity index (χ1v) is 14.0. The van der Waals surface area contributed by atoms with Gasteiger partial charge in [-0.1, -0.05) is 18.2 Å². The Morgan fingerprint density at radius 2 is 2.00 bits per heavy atom. The number of pyridine rings is 1. The zero-order valence-corrected chi connectivity index (χ0v) is 19.9. The quantitative estimate of drug-likeness (QED) is 0.298. The van der Waals surface area contributed by atoms with Gasteiger partial charge < -0.3 is 9.26 Å². The number of likely N-dealkylation sites (tertiary alicyclic amines) is 1. The van der Waals surface area contributed by atoms with Gasteiger partial charge in [-0.3, -0.25) is 9.88 Å². The molecule has 1 atom stereocenters. The predicted molar refractivity (Wildman–Crippen MR) is 130 cm³/mol. The van der Waals surface area contributed by atoms with Crippen molar-refractivity contribution in [3.05, 3.63) is 65.4 Å². The van der Waals surface area contributed by atoms with Crippen molar-refractivity contribution in [3.63, 3.8) is 0 Å². The van der Waals surface area contributed by atoms with Crippen LogP contribution in [0, 0.1) is 18.3 Å². The largest absolute Gasteiger partial charge is 0.490 e. The molecule has 4 rings (SSSR count). The van der Waals surface area contributed by atoms with Crippen LogP contribution in [0.3, 0.4) is 0 Å². The number of nitriles is 1. The standard InChI is InChI=1S/C23H23IN3O2P/c1-16-12-23(21-13-20(29-30-24)6-7-22(21)26-16)28-19-8-10-27(11-9-19)15-18-5-3-2-4-17(18)14-25/h2-7,12-13,19,30H,8-11,15H2,1H3. The minimum atomic E-state index is 0.175. The lowest BCUT2D eigenvalue weighted by molar-refractivity contribution is 0.0978. The van der Waals surface area contributed by atoms with Crippen LogP contribution in [-0.4, -0.2) is 29.1 Å². The van der Waals surface area contributed by atoms with E-state index >= 15 is 0 Å². The second-order valence-electron chi connectivity index (χ2n) is 7.48. The van der Waals surface area contributed by atoms with Crippen LogP contribution in [0.4, 0.5) is 0 Å². The number of benzene rings is 2. The fourth-order valence-electron chi connectivity index (χ4n) is 3.88. The monoisotopic (exact) mass is 531 g/mol. The molecule has 0 bridgehead atoms. The van der Waals surface area contributed by atoms with Gasteiger partial charge in [0.05, 0.1) is 17.1 Å². The van der Waals surface area contributed by atoms with E-state index in [1.165, 1.54) is 0 Å². The summed E-state index contributed by atoms with van der Waals surface area (Å²) in [6.07, 6.45) is 2.10. The molecule has 30 heavy (non-hydrogen) atoms. The Labute approximate surface area is 191 Å². The molecule has 1 unspecified atom stereocenters. The highest BCUT2D eigenvalue weighted by Gasteiger charge is 2.22. The van der Waals surface area contributed by atoms with Crippen LogP contribution in [0.5, 0.6) is 11.5 Å². The van der Waals surface area contributed by atoms with Crippen LogP contribution < -0.4 is 9.26 Å². The van der Waals surface area contributed by atoms with Gasteiger partial charge >= 0.3 is 0 Å². The number of ether oxygens (including phenoxy) is 1. The molecule has 1 aliphatic heterocycles. The van der Waals surface area contributed by atoms with Crippen molar-refractivity contribution < 1.29 is 9.26 Å². The SMILES string of the molecule is Cc1cc(OC2CCN(Cc3ccccc3C#N)CC2)c2cc(OPI)ccc2n1. The Bertz CT molecular complexity index is 1080. The first-order chi connectivity index (χ1) is 14.7. The molecule has 1 aliphatic rings. The van der Waals surface area contributed by atoms with E-state index in [2.05, 4.69) is 38.0 Å². The Kier molecular flexibility index (Phi) is 7.04. The molecule has 154 valence electrons. The van der Waals surface area contributed by atoms with E-state index in [9.17, 15) is 5.26 Å². The number of aryl methyl sites for hydroxylation is 1. The molecule has 1 aromatic heterocycles. The second kappa shape index (κ2) is 9.91. The van der Waals surface area contributed by atoms with Crippen LogP contribution in [0.1, 0.15) is 29.7 Å².